The van der Waals surface area contributed by atoms with Crippen LogP contribution in [0.4, 0.5) is 11.4 Å². The predicted molar refractivity (Wildman–Crippen MR) is 81.5 cm³/mol. The van der Waals surface area contributed by atoms with Crippen molar-refractivity contribution >= 4 is 34.3 Å². The van der Waals surface area contributed by atoms with E-state index in [1.165, 1.54) is 10.9 Å². The van der Waals surface area contributed by atoms with Crippen LogP contribution in [0, 0.1) is 16.0 Å². The van der Waals surface area contributed by atoms with Crippen LogP contribution in [0.2, 0.25) is 5.02 Å². The first kappa shape index (κ1) is 13.4. The van der Waals surface area contributed by atoms with Gasteiger partial charge in [0.2, 0.25) is 0 Å². The molecule has 3 rings (SSSR count). The smallest absolute Gasteiger partial charge is 0.293 e. The Labute approximate surface area is 125 Å². The van der Waals surface area contributed by atoms with Crippen LogP contribution in [-0.2, 0) is 0 Å². The van der Waals surface area contributed by atoms with Crippen LogP contribution in [0.5, 0.6) is 0 Å². The van der Waals surface area contributed by atoms with E-state index in [0.29, 0.717) is 16.6 Å². The van der Waals surface area contributed by atoms with Gasteiger partial charge in [-0.05, 0) is 42.3 Å². The molecule has 1 aromatic heterocycles. The molecule has 0 aliphatic heterocycles. The van der Waals surface area contributed by atoms with E-state index >= 15 is 0 Å². The monoisotopic (exact) mass is 308 g/mol. The summed E-state index contributed by atoms with van der Waals surface area (Å²) in [5.74, 6) is 0.559. The van der Waals surface area contributed by atoms with E-state index < -0.39 is 4.92 Å². The van der Waals surface area contributed by atoms with E-state index in [1.807, 2.05) is 11.4 Å². The van der Waals surface area contributed by atoms with Crippen LogP contribution >= 0.6 is 22.9 Å². The average molecular weight is 309 g/mol. The van der Waals surface area contributed by atoms with Gasteiger partial charge in [0.1, 0.15) is 5.69 Å². The molecule has 0 radical (unpaired) electrons. The number of benzene rings is 1. The van der Waals surface area contributed by atoms with Gasteiger partial charge in [-0.15, -0.1) is 11.3 Å². The molecule has 0 bridgehead atoms. The van der Waals surface area contributed by atoms with Crippen LogP contribution in [-0.4, -0.2) is 4.92 Å². The minimum atomic E-state index is -0.396. The number of rotatable bonds is 5. The maximum absolute atomic E-state index is 11.1. The maximum atomic E-state index is 11.1. The van der Waals surface area contributed by atoms with Gasteiger partial charge in [-0.25, -0.2) is 0 Å². The average Bonchev–Trinajstić information content (AvgIpc) is 3.11. The first-order valence-electron chi connectivity index (χ1n) is 6.39. The van der Waals surface area contributed by atoms with Crippen molar-refractivity contribution in [2.45, 2.75) is 18.9 Å². The summed E-state index contributed by atoms with van der Waals surface area (Å²) >= 11 is 7.52. The third kappa shape index (κ3) is 2.78. The summed E-state index contributed by atoms with van der Waals surface area (Å²) in [6.45, 7) is 0. The van der Waals surface area contributed by atoms with Gasteiger partial charge in [-0.2, -0.15) is 0 Å². The van der Waals surface area contributed by atoms with Gasteiger partial charge in [0, 0.05) is 16.0 Å². The lowest BCUT2D eigenvalue weighted by molar-refractivity contribution is -0.384. The van der Waals surface area contributed by atoms with Crippen LogP contribution < -0.4 is 5.32 Å². The second kappa shape index (κ2) is 5.42. The molecule has 1 saturated carbocycles. The first-order valence-corrected chi connectivity index (χ1v) is 7.65. The van der Waals surface area contributed by atoms with Crippen molar-refractivity contribution in [2.75, 3.05) is 5.32 Å². The summed E-state index contributed by atoms with van der Waals surface area (Å²) in [7, 11) is 0. The van der Waals surface area contributed by atoms with Gasteiger partial charge in [0.05, 0.1) is 11.0 Å². The van der Waals surface area contributed by atoms with Gasteiger partial charge in [0.25, 0.3) is 5.69 Å². The highest BCUT2D eigenvalue weighted by atomic mass is 35.5. The molecule has 1 atom stereocenters. The molecule has 1 fully saturated rings. The van der Waals surface area contributed by atoms with Crippen LogP contribution in [0.25, 0.3) is 0 Å². The molecular weight excluding hydrogens is 296 g/mol. The van der Waals surface area contributed by atoms with Gasteiger partial charge in [-0.1, -0.05) is 17.7 Å². The van der Waals surface area contributed by atoms with E-state index in [0.717, 1.165) is 12.8 Å². The highest BCUT2D eigenvalue weighted by molar-refractivity contribution is 7.10. The summed E-state index contributed by atoms with van der Waals surface area (Å²) in [5.41, 5.74) is 0.560. The molecule has 104 valence electrons. The number of nitrogens with zero attached hydrogens (tertiary/aromatic N) is 1. The molecule has 1 unspecified atom stereocenters. The Balaban J connectivity index is 1.91. The molecule has 0 saturated heterocycles. The van der Waals surface area contributed by atoms with E-state index in [-0.39, 0.29) is 11.7 Å². The summed E-state index contributed by atoms with van der Waals surface area (Å²) in [6.07, 6.45) is 2.33. The van der Waals surface area contributed by atoms with Gasteiger partial charge in [-0.3, -0.25) is 10.1 Å². The number of nitro groups is 1. The molecule has 0 spiro atoms. The van der Waals surface area contributed by atoms with Crippen LogP contribution in [0.15, 0.2) is 35.7 Å². The lowest BCUT2D eigenvalue weighted by atomic mass is 10.1. The third-order valence-corrected chi connectivity index (χ3v) is 4.60. The molecule has 0 amide bonds. The zero-order chi connectivity index (χ0) is 14.1. The Morgan fingerprint density at radius 2 is 2.20 bits per heavy atom. The van der Waals surface area contributed by atoms with E-state index in [9.17, 15) is 10.1 Å². The number of nitrogens with one attached hydrogen (secondary N) is 1. The molecular formula is C14H13ClN2O2S. The molecule has 1 heterocycles. The molecule has 1 aromatic carbocycles. The van der Waals surface area contributed by atoms with Crippen molar-refractivity contribution in [3.8, 4) is 0 Å². The highest BCUT2D eigenvalue weighted by Gasteiger charge is 2.34. The van der Waals surface area contributed by atoms with Gasteiger partial charge < -0.3 is 5.32 Å². The lowest BCUT2D eigenvalue weighted by Gasteiger charge is -2.18. The number of hydrogen-bond donors (Lipinski definition) is 1. The topological polar surface area (TPSA) is 55.2 Å². The fraction of sp³-hybridized carbons (Fsp3) is 0.286. The number of halogens is 1. The molecule has 2 aromatic rings. The van der Waals surface area contributed by atoms with Crippen molar-refractivity contribution in [2.24, 2.45) is 5.92 Å². The van der Waals surface area contributed by atoms with E-state index in [4.69, 9.17) is 11.6 Å². The van der Waals surface area contributed by atoms with Crippen LogP contribution in [0.3, 0.4) is 0 Å². The summed E-state index contributed by atoms with van der Waals surface area (Å²) in [4.78, 5) is 12.0. The maximum Gasteiger partial charge on any atom is 0.293 e. The van der Waals surface area contributed by atoms with Crippen LogP contribution in [0.1, 0.15) is 23.8 Å². The Hall–Kier alpha value is -1.59. The fourth-order valence-electron chi connectivity index (χ4n) is 2.26. The van der Waals surface area contributed by atoms with E-state index in [1.54, 1.807) is 23.5 Å². The minimum Gasteiger partial charge on any atom is -0.372 e. The standard InChI is InChI=1S/C14H13ClN2O2S/c15-10-5-6-11(12(8-10)17(18)19)16-14(9-3-4-9)13-2-1-7-20-13/h1-2,5-9,14,16H,3-4H2. The molecule has 1 N–H and O–H groups in total. The minimum absolute atomic E-state index is 0.0275. The largest absolute Gasteiger partial charge is 0.372 e. The molecule has 20 heavy (non-hydrogen) atoms. The van der Waals surface area contributed by atoms with Gasteiger partial charge in [0.15, 0.2) is 0 Å². The quantitative estimate of drug-likeness (QED) is 0.633. The number of anilines is 1. The lowest BCUT2D eigenvalue weighted by Crippen LogP contribution is -2.12. The molecule has 1 aliphatic rings. The molecule has 1 aliphatic carbocycles. The van der Waals surface area contributed by atoms with Crippen molar-refractivity contribution in [3.63, 3.8) is 0 Å². The number of nitro benzene ring substituents is 1. The zero-order valence-electron chi connectivity index (χ0n) is 10.6. The summed E-state index contributed by atoms with van der Waals surface area (Å²) in [5, 5.41) is 16.9. The summed E-state index contributed by atoms with van der Waals surface area (Å²) in [6, 6.07) is 8.98. The first-order chi connectivity index (χ1) is 9.65. The van der Waals surface area contributed by atoms with Gasteiger partial charge >= 0.3 is 0 Å². The number of thiophene rings is 1. The molecule has 6 heteroatoms. The van der Waals surface area contributed by atoms with Crippen molar-refractivity contribution in [1.29, 1.82) is 0 Å². The normalized spacial score (nSPS) is 15.8. The Bertz CT molecular complexity index is 626. The Morgan fingerprint density at radius 3 is 2.80 bits per heavy atom. The Kier molecular flexibility index (Phi) is 3.63. The zero-order valence-corrected chi connectivity index (χ0v) is 12.2. The van der Waals surface area contributed by atoms with Crippen molar-refractivity contribution < 1.29 is 4.92 Å². The summed E-state index contributed by atoms with van der Waals surface area (Å²) < 4.78 is 0. The number of hydrogen-bond acceptors (Lipinski definition) is 4. The van der Waals surface area contributed by atoms with Crippen molar-refractivity contribution in [1.82, 2.24) is 0 Å². The third-order valence-electron chi connectivity index (χ3n) is 3.41. The highest BCUT2D eigenvalue weighted by Crippen LogP contribution is 2.45. The second-order valence-electron chi connectivity index (χ2n) is 4.89. The SMILES string of the molecule is O=[N+]([O-])c1cc(Cl)ccc1NC(c1cccs1)C1CC1. The van der Waals surface area contributed by atoms with E-state index in [2.05, 4.69) is 11.4 Å². The van der Waals surface area contributed by atoms with Crippen molar-refractivity contribution in [3.05, 3.63) is 55.7 Å². The Morgan fingerprint density at radius 1 is 1.40 bits per heavy atom. The predicted octanol–water partition coefficient (Wildman–Crippen LogP) is 4.87. The second-order valence-corrected chi connectivity index (χ2v) is 6.31. The fourth-order valence-corrected chi connectivity index (χ4v) is 3.30. The molecule has 4 nitrogen and oxygen atoms in total.